The highest BCUT2D eigenvalue weighted by atomic mass is 19.1. The molecule has 0 atom stereocenters. The van der Waals surface area contributed by atoms with Gasteiger partial charge in [-0.15, -0.1) is 0 Å². The summed E-state index contributed by atoms with van der Waals surface area (Å²) in [6, 6.07) is 12.2. The molecule has 0 aliphatic carbocycles. The molecule has 0 saturated carbocycles. The zero-order valence-electron chi connectivity index (χ0n) is 12.7. The van der Waals surface area contributed by atoms with E-state index in [1.54, 1.807) is 12.1 Å². The molecule has 2 N–H and O–H groups in total. The summed E-state index contributed by atoms with van der Waals surface area (Å²) in [5.74, 6) is -2.24. The van der Waals surface area contributed by atoms with Gasteiger partial charge in [-0.2, -0.15) is 5.10 Å². The third-order valence-corrected chi connectivity index (χ3v) is 3.32. The van der Waals surface area contributed by atoms with Gasteiger partial charge >= 0.3 is 0 Å². The second-order valence-corrected chi connectivity index (χ2v) is 5.01. The number of nitrogens with zero attached hydrogens (tertiary/aromatic N) is 2. The number of nitrogens with one attached hydrogen (secondary N) is 2. The minimum atomic E-state index is -0.675. The van der Waals surface area contributed by atoms with Crippen molar-refractivity contribution in [2.75, 3.05) is 0 Å². The predicted molar refractivity (Wildman–Crippen MR) is 84.9 cm³/mol. The lowest BCUT2D eigenvalue weighted by molar-refractivity contribution is 0.0843. The molecule has 0 radical (unpaired) electrons. The smallest absolute Gasteiger partial charge is 0.267 e. The number of halogens is 2. The van der Waals surface area contributed by atoms with E-state index < -0.39 is 23.4 Å². The van der Waals surface area contributed by atoms with Gasteiger partial charge in [0.25, 0.3) is 11.8 Å². The lowest BCUT2D eigenvalue weighted by Crippen LogP contribution is -2.41. The Hall–Kier alpha value is -3.55. The summed E-state index contributed by atoms with van der Waals surface area (Å²) in [6.45, 7) is 0. The molecule has 3 aromatic rings. The first-order valence-electron chi connectivity index (χ1n) is 7.21. The van der Waals surface area contributed by atoms with Crippen LogP contribution in [0.4, 0.5) is 8.78 Å². The fourth-order valence-corrected chi connectivity index (χ4v) is 2.07. The van der Waals surface area contributed by atoms with Crippen LogP contribution < -0.4 is 10.9 Å². The zero-order valence-corrected chi connectivity index (χ0v) is 12.7. The number of hydrogen-bond donors (Lipinski definition) is 2. The van der Waals surface area contributed by atoms with Crippen LogP contribution >= 0.6 is 0 Å². The zero-order chi connectivity index (χ0) is 17.8. The standard InChI is InChI=1S/C17H12F2N4O2/c18-12-7-5-11(6-8-12)16(24)20-21-17(25)14-9-10-23(22-14)15-4-2-1-3-13(15)19/h1-10H,(H,20,24)(H,21,25). The van der Waals surface area contributed by atoms with Crippen LogP contribution in [0, 0.1) is 11.6 Å². The second-order valence-electron chi connectivity index (χ2n) is 5.01. The lowest BCUT2D eigenvalue weighted by atomic mass is 10.2. The van der Waals surface area contributed by atoms with E-state index in [0.717, 1.165) is 12.1 Å². The number of para-hydroxylation sites is 1. The van der Waals surface area contributed by atoms with Gasteiger partial charge in [0.1, 0.15) is 17.3 Å². The number of carbonyl (C=O) groups is 2. The molecule has 0 aliphatic heterocycles. The van der Waals surface area contributed by atoms with Crippen LogP contribution in [0.5, 0.6) is 0 Å². The van der Waals surface area contributed by atoms with Crippen molar-refractivity contribution >= 4 is 11.8 Å². The van der Waals surface area contributed by atoms with Gasteiger partial charge in [-0.3, -0.25) is 20.4 Å². The Morgan fingerprint density at radius 2 is 1.56 bits per heavy atom. The molecule has 126 valence electrons. The number of rotatable bonds is 3. The van der Waals surface area contributed by atoms with E-state index in [1.165, 1.54) is 41.2 Å². The van der Waals surface area contributed by atoms with E-state index in [9.17, 15) is 18.4 Å². The van der Waals surface area contributed by atoms with Crippen LogP contribution in [0.25, 0.3) is 5.69 Å². The van der Waals surface area contributed by atoms with Gasteiger partial charge in [0.15, 0.2) is 5.69 Å². The summed E-state index contributed by atoms with van der Waals surface area (Å²) in [6.07, 6.45) is 1.43. The molecular weight excluding hydrogens is 330 g/mol. The van der Waals surface area contributed by atoms with E-state index in [0.29, 0.717) is 0 Å². The van der Waals surface area contributed by atoms with Crippen LogP contribution in [-0.4, -0.2) is 21.6 Å². The number of aromatic nitrogens is 2. The molecule has 2 amide bonds. The molecule has 0 unspecified atom stereocenters. The predicted octanol–water partition coefficient (Wildman–Crippen LogP) is 2.23. The lowest BCUT2D eigenvalue weighted by Gasteiger charge is -2.06. The van der Waals surface area contributed by atoms with Crippen molar-refractivity contribution in [3.63, 3.8) is 0 Å². The van der Waals surface area contributed by atoms with Gasteiger partial charge in [0.05, 0.1) is 0 Å². The molecule has 0 aliphatic rings. The van der Waals surface area contributed by atoms with E-state index in [2.05, 4.69) is 16.0 Å². The van der Waals surface area contributed by atoms with E-state index in [-0.39, 0.29) is 16.9 Å². The molecule has 0 bridgehead atoms. The van der Waals surface area contributed by atoms with E-state index in [1.807, 2.05) is 0 Å². The molecule has 6 nitrogen and oxygen atoms in total. The molecule has 3 rings (SSSR count). The van der Waals surface area contributed by atoms with Crippen LogP contribution in [-0.2, 0) is 0 Å². The van der Waals surface area contributed by atoms with Crippen LogP contribution in [0.2, 0.25) is 0 Å². The summed E-state index contributed by atoms with van der Waals surface area (Å²) in [5.41, 5.74) is 4.74. The summed E-state index contributed by atoms with van der Waals surface area (Å²) in [5, 5.41) is 3.97. The molecular formula is C17H12F2N4O2. The number of benzene rings is 2. The first kappa shape index (κ1) is 16.3. The molecule has 8 heteroatoms. The average Bonchev–Trinajstić information content (AvgIpc) is 3.10. The van der Waals surface area contributed by atoms with E-state index in [4.69, 9.17) is 0 Å². The van der Waals surface area contributed by atoms with Crippen molar-refractivity contribution in [3.8, 4) is 5.69 Å². The Labute approximate surface area is 141 Å². The average molecular weight is 342 g/mol. The van der Waals surface area contributed by atoms with Crippen molar-refractivity contribution in [1.82, 2.24) is 20.6 Å². The van der Waals surface area contributed by atoms with Crippen molar-refractivity contribution < 1.29 is 18.4 Å². The summed E-state index contributed by atoms with van der Waals surface area (Å²) >= 11 is 0. The quantitative estimate of drug-likeness (QED) is 0.717. The third kappa shape index (κ3) is 3.69. The molecule has 0 spiro atoms. The third-order valence-electron chi connectivity index (χ3n) is 3.32. The number of amides is 2. The largest absolute Gasteiger partial charge is 0.290 e. The number of carbonyl (C=O) groups excluding carboxylic acids is 2. The Morgan fingerprint density at radius 1 is 0.880 bits per heavy atom. The second kappa shape index (κ2) is 6.91. The fourth-order valence-electron chi connectivity index (χ4n) is 2.07. The maximum atomic E-state index is 13.7. The maximum Gasteiger partial charge on any atom is 0.290 e. The van der Waals surface area contributed by atoms with Crippen molar-refractivity contribution in [1.29, 1.82) is 0 Å². The van der Waals surface area contributed by atoms with Gasteiger partial charge in [-0.25, -0.2) is 13.5 Å². The normalized spacial score (nSPS) is 10.3. The minimum Gasteiger partial charge on any atom is -0.267 e. The summed E-state index contributed by atoms with van der Waals surface area (Å²) in [4.78, 5) is 23.8. The molecule has 1 aromatic heterocycles. The van der Waals surface area contributed by atoms with Crippen molar-refractivity contribution in [3.05, 3.63) is 83.7 Å². The van der Waals surface area contributed by atoms with Crippen LogP contribution in [0.15, 0.2) is 60.8 Å². The minimum absolute atomic E-state index is 0.0114. The highest BCUT2D eigenvalue weighted by molar-refractivity contribution is 5.98. The molecule has 0 fully saturated rings. The summed E-state index contributed by atoms with van der Waals surface area (Å²) in [7, 11) is 0. The van der Waals surface area contributed by atoms with Crippen molar-refractivity contribution in [2.24, 2.45) is 0 Å². The van der Waals surface area contributed by atoms with Crippen LogP contribution in [0.1, 0.15) is 20.8 Å². The van der Waals surface area contributed by atoms with Gasteiger partial charge < -0.3 is 0 Å². The topological polar surface area (TPSA) is 76.0 Å². The highest BCUT2D eigenvalue weighted by Crippen LogP contribution is 2.12. The fraction of sp³-hybridized carbons (Fsp3) is 0. The Balaban J connectivity index is 1.65. The van der Waals surface area contributed by atoms with Crippen LogP contribution in [0.3, 0.4) is 0 Å². The first-order chi connectivity index (χ1) is 12.0. The molecule has 2 aromatic carbocycles. The molecule has 1 heterocycles. The van der Waals surface area contributed by atoms with E-state index >= 15 is 0 Å². The SMILES string of the molecule is O=C(NNC(=O)c1ccn(-c2ccccc2F)n1)c1ccc(F)cc1. The monoisotopic (exact) mass is 342 g/mol. The van der Waals surface area contributed by atoms with Gasteiger partial charge in [0.2, 0.25) is 0 Å². The highest BCUT2D eigenvalue weighted by Gasteiger charge is 2.13. The number of hydrogen-bond acceptors (Lipinski definition) is 3. The Morgan fingerprint density at radius 3 is 2.28 bits per heavy atom. The molecule has 0 saturated heterocycles. The Kier molecular flexibility index (Phi) is 4.51. The first-order valence-corrected chi connectivity index (χ1v) is 7.21. The number of hydrazine groups is 1. The van der Waals surface area contributed by atoms with Gasteiger partial charge in [-0.1, -0.05) is 12.1 Å². The van der Waals surface area contributed by atoms with Crippen molar-refractivity contribution in [2.45, 2.75) is 0 Å². The Bertz CT molecular complexity index is 922. The van der Waals surface area contributed by atoms with Gasteiger partial charge in [-0.05, 0) is 42.5 Å². The van der Waals surface area contributed by atoms with Gasteiger partial charge in [0, 0.05) is 11.8 Å². The molecule has 25 heavy (non-hydrogen) atoms. The summed E-state index contributed by atoms with van der Waals surface area (Å²) < 4.78 is 27.7. The maximum absolute atomic E-state index is 13.7.